The summed E-state index contributed by atoms with van der Waals surface area (Å²) in [6.45, 7) is 4.11. The minimum atomic E-state index is -0.112. The zero-order valence-corrected chi connectivity index (χ0v) is 11.9. The van der Waals surface area contributed by atoms with Crippen molar-refractivity contribution in [3.63, 3.8) is 0 Å². The highest BCUT2D eigenvalue weighted by molar-refractivity contribution is 5.41. The van der Waals surface area contributed by atoms with Crippen molar-refractivity contribution in [2.24, 2.45) is 0 Å². The van der Waals surface area contributed by atoms with Crippen LogP contribution in [-0.4, -0.2) is 26.3 Å². The Bertz CT molecular complexity index is 460. The Labute approximate surface area is 115 Å². The van der Waals surface area contributed by atoms with Crippen LogP contribution in [0.4, 0.5) is 0 Å². The molecule has 3 rings (SSSR count). The summed E-state index contributed by atoms with van der Waals surface area (Å²) in [6.07, 6.45) is 4.85. The molecule has 0 saturated carbocycles. The second kappa shape index (κ2) is 5.14. The minimum Gasteiger partial charge on any atom is -0.497 e. The molecule has 0 aromatic heterocycles. The van der Waals surface area contributed by atoms with Crippen molar-refractivity contribution < 1.29 is 9.47 Å². The second-order valence-corrected chi connectivity index (χ2v) is 5.65. The SMILES string of the molecule is CCC1CNCC2(CCCc3cc(OC)ccc32)O1. The number of ether oxygens (including phenoxy) is 2. The van der Waals surface area contributed by atoms with Crippen LogP contribution in [0.5, 0.6) is 5.75 Å². The lowest BCUT2D eigenvalue weighted by atomic mass is 9.78. The van der Waals surface area contributed by atoms with Gasteiger partial charge in [-0.05, 0) is 48.9 Å². The highest BCUT2D eigenvalue weighted by Gasteiger charge is 2.41. The molecule has 1 aliphatic carbocycles. The molecule has 1 aromatic carbocycles. The van der Waals surface area contributed by atoms with Gasteiger partial charge in [-0.1, -0.05) is 13.0 Å². The van der Waals surface area contributed by atoms with Crippen LogP contribution in [0.3, 0.4) is 0 Å². The average molecular weight is 261 g/mol. The molecule has 19 heavy (non-hydrogen) atoms. The highest BCUT2D eigenvalue weighted by atomic mass is 16.5. The molecule has 1 spiro atoms. The minimum absolute atomic E-state index is 0.112. The first-order chi connectivity index (χ1) is 9.27. The van der Waals surface area contributed by atoms with Crippen LogP contribution >= 0.6 is 0 Å². The summed E-state index contributed by atoms with van der Waals surface area (Å²) in [5.41, 5.74) is 2.65. The third-order valence-corrected chi connectivity index (χ3v) is 4.46. The first kappa shape index (κ1) is 12.9. The number of hydrogen-bond donors (Lipinski definition) is 1. The number of morpholine rings is 1. The fraction of sp³-hybridized carbons (Fsp3) is 0.625. The van der Waals surface area contributed by atoms with Crippen molar-refractivity contribution in [2.45, 2.75) is 44.3 Å². The Morgan fingerprint density at radius 3 is 3.16 bits per heavy atom. The standard InChI is InChI=1S/C16H23NO2/c1-3-13-10-17-11-16(19-13)8-4-5-12-9-14(18-2)6-7-15(12)16/h6-7,9,13,17H,3-5,8,10-11H2,1-2H3. The number of hydrogen-bond acceptors (Lipinski definition) is 3. The van der Waals surface area contributed by atoms with Gasteiger partial charge < -0.3 is 14.8 Å². The smallest absolute Gasteiger partial charge is 0.119 e. The lowest BCUT2D eigenvalue weighted by Crippen LogP contribution is -2.53. The predicted octanol–water partition coefficient (Wildman–Crippen LogP) is 2.63. The Morgan fingerprint density at radius 2 is 2.37 bits per heavy atom. The molecule has 0 radical (unpaired) electrons. The molecule has 104 valence electrons. The molecule has 1 saturated heterocycles. The van der Waals surface area contributed by atoms with Gasteiger partial charge in [-0.2, -0.15) is 0 Å². The number of fused-ring (bicyclic) bond motifs is 2. The topological polar surface area (TPSA) is 30.5 Å². The van der Waals surface area contributed by atoms with E-state index >= 15 is 0 Å². The molecule has 2 atom stereocenters. The van der Waals surface area contributed by atoms with Crippen molar-refractivity contribution in [3.05, 3.63) is 29.3 Å². The molecule has 1 heterocycles. The van der Waals surface area contributed by atoms with Crippen LogP contribution < -0.4 is 10.1 Å². The van der Waals surface area contributed by atoms with Crippen molar-refractivity contribution in [2.75, 3.05) is 20.2 Å². The zero-order valence-electron chi connectivity index (χ0n) is 11.9. The Balaban J connectivity index is 1.97. The van der Waals surface area contributed by atoms with Gasteiger partial charge in [0.1, 0.15) is 11.4 Å². The largest absolute Gasteiger partial charge is 0.497 e. The van der Waals surface area contributed by atoms with E-state index < -0.39 is 0 Å². The van der Waals surface area contributed by atoms with E-state index in [4.69, 9.17) is 9.47 Å². The molecule has 3 nitrogen and oxygen atoms in total. The van der Waals surface area contributed by atoms with Gasteiger partial charge in [0.15, 0.2) is 0 Å². The summed E-state index contributed by atoms with van der Waals surface area (Å²) in [6, 6.07) is 6.44. The second-order valence-electron chi connectivity index (χ2n) is 5.65. The number of rotatable bonds is 2. The Hall–Kier alpha value is -1.06. The summed E-state index contributed by atoms with van der Waals surface area (Å²) in [5.74, 6) is 0.951. The van der Waals surface area contributed by atoms with Crippen LogP contribution in [0, 0.1) is 0 Å². The number of nitrogens with one attached hydrogen (secondary N) is 1. The lowest BCUT2D eigenvalue weighted by molar-refractivity contribution is -0.131. The zero-order chi connectivity index (χ0) is 13.3. The summed E-state index contributed by atoms with van der Waals surface area (Å²) < 4.78 is 11.8. The van der Waals surface area contributed by atoms with Gasteiger partial charge in [-0.25, -0.2) is 0 Å². The molecule has 1 aromatic rings. The van der Waals surface area contributed by atoms with Crippen LogP contribution in [0.1, 0.15) is 37.3 Å². The van der Waals surface area contributed by atoms with E-state index in [2.05, 4.69) is 30.4 Å². The molecule has 2 aliphatic rings. The lowest BCUT2D eigenvalue weighted by Gasteiger charge is -2.45. The van der Waals surface area contributed by atoms with Gasteiger partial charge in [0.25, 0.3) is 0 Å². The fourth-order valence-corrected chi connectivity index (χ4v) is 3.42. The van der Waals surface area contributed by atoms with Crippen LogP contribution in [0.25, 0.3) is 0 Å². The van der Waals surface area contributed by atoms with Gasteiger partial charge in [0.05, 0.1) is 13.2 Å². The maximum atomic E-state index is 6.46. The fourth-order valence-electron chi connectivity index (χ4n) is 3.42. The molecule has 0 bridgehead atoms. The molecule has 1 fully saturated rings. The predicted molar refractivity (Wildman–Crippen MR) is 75.6 cm³/mol. The third kappa shape index (κ3) is 2.26. The van der Waals surface area contributed by atoms with E-state index in [9.17, 15) is 0 Å². The number of aryl methyl sites for hydroxylation is 1. The normalized spacial score (nSPS) is 30.1. The Kier molecular flexibility index (Phi) is 3.50. The third-order valence-electron chi connectivity index (χ3n) is 4.46. The van der Waals surface area contributed by atoms with Gasteiger partial charge in [0.2, 0.25) is 0 Å². The monoisotopic (exact) mass is 261 g/mol. The van der Waals surface area contributed by atoms with Crippen molar-refractivity contribution in [1.29, 1.82) is 0 Å². The van der Waals surface area contributed by atoms with Crippen molar-refractivity contribution in [1.82, 2.24) is 5.32 Å². The van der Waals surface area contributed by atoms with Crippen LogP contribution in [0.15, 0.2) is 18.2 Å². The van der Waals surface area contributed by atoms with Gasteiger partial charge in [0, 0.05) is 13.1 Å². The molecule has 1 aliphatic heterocycles. The first-order valence-electron chi connectivity index (χ1n) is 7.33. The van der Waals surface area contributed by atoms with E-state index in [0.717, 1.165) is 38.1 Å². The van der Waals surface area contributed by atoms with Crippen LogP contribution in [0.2, 0.25) is 0 Å². The first-order valence-corrected chi connectivity index (χ1v) is 7.33. The number of methoxy groups -OCH3 is 1. The molecule has 1 N–H and O–H groups in total. The highest BCUT2D eigenvalue weighted by Crippen LogP contribution is 2.41. The van der Waals surface area contributed by atoms with Gasteiger partial charge >= 0.3 is 0 Å². The van der Waals surface area contributed by atoms with E-state index in [1.165, 1.54) is 17.5 Å². The Morgan fingerprint density at radius 1 is 1.47 bits per heavy atom. The summed E-state index contributed by atoms with van der Waals surface area (Å²) >= 11 is 0. The quantitative estimate of drug-likeness (QED) is 0.887. The molecule has 0 amide bonds. The van der Waals surface area contributed by atoms with Gasteiger partial charge in [-0.3, -0.25) is 0 Å². The number of benzene rings is 1. The summed E-state index contributed by atoms with van der Waals surface area (Å²) in [5, 5.41) is 3.56. The van der Waals surface area contributed by atoms with E-state index in [-0.39, 0.29) is 5.60 Å². The summed E-state index contributed by atoms with van der Waals surface area (Å²) in [7, 11) is 1.73. The molecule has 3 heteroatoms. The average Bonchev–Trinajstić information content (AvgIpc) is 2.47. The van der Waals surface area contributed by atoms with Crippen molar-refractivity contribution >= 4 is 0 Å². The molecular formula is C16H23NO2. The van der Waals surface area contributed by atoms with Gasteiger partial charge in [-0.15, -0.1) is 0 Å². The van der Waals surface area contributed by atoms with E-state index in [0.29, 0.717) is 6.10 Å². The van der Waals surface area contributed by atoms with Crippen molar-refractivity contribution in [3.8, 4) is 5.75 Å². The maximum Gasteiger partial charge on any atom is 0.119 e. The van der Waals surface area contributed by atoms with E-state index in [1.807, 2.05) is 0 Å². The van der Waals surface area contributed by atoms with E-state index in [1.54, 1.807) is 7.11 Å². The van der Waals surface area contributed by atoms with Crippen LogP contribution in [-0.2, 0) is 16.8 Å². The summed E-state index contributed by atoms with van der Waals surface area (Å²) in [4.78, 5) is 0. The molecule has 2 unspecified atom stereocenters. The maximum absolute atomic E-state index is 6.46. The molecular weight excluding hydrogens is 238 g/mol.